The summed E-state index contributed by atoms with van der Waals surface area (Å²) in [4.78, 5) is 23.7. The molecule has 6 nitrogen and oxygen atoms in total. The van der Waals surface area contributed by atoms with Crippen LogP contribution in [-0.4, -0.2) is 33.3 Å². The van der Waals surface area contributed by atoms with Gasteiger partial charge in [0, 0.05) is 26.2 Å². The first kappa shape index (κ1) is 17.2. The molecule has 0 aliphatic rings. The number of rotatable bonds is 9. The first-order chi connectivity index (χ1) is 11.1. The van der Waals surface area contributed by atoms with E-state index in [1.54, 1.807) is 29.3 Å². The Hall–Kier alpha value is -2.15. The fourth-order valence-electron chi connectivity index (χ4n) is 2.30. The summed E-state index contributed by atoms with van der Waals surface area (Å²) >= 11 is 1.56. The van der Waals surface area contributed by atoms with E-state index in [1.165, 1.54) is 0 Å². The Kier molecular flexibility index (Phi) is 6.34. The van der Waals surface area contributed by atoms with Crippen LogP contribution in [0.25, 0.3) is 10.6 Å². The van der Waals surface area contributed by atoms with E-state index >= 15 is 0 Å². The third-order valence-corrected chi connectivity index (χ3v) is 4.31. The van der Waals surface area contributed by atoms with Gasteiger partial charge in [0.05, 0.1) is 10.4 Å². The van der Waals surface area contributed by atoms with Crippen molar-refractivity contribution in [2.45, 2.75) is 32.1 Å². The highest BCUT2D eigenvalue weighted by Crippen LogP contribution is 2.26. The quantitative estimate of drug-likeness (QED) is 0.690. The van der Waals surface area contributed by atoms with Crippen LogP contribution in [0.15, 0.2) is 23.7 Å². The van der Waals surface area contributed by atoms with Gasteiger partial charge in [-0.15, -0.1) is 11.3 Å². The van der Waals surface area contributed by atoms with Crippen molar-refractivity contribution < 1.29 is 14.7 Å². The van der Waals surface area contributed by atoms with Gasteiger partial charge in [0.2, 0.25) is 0 Å². The maximum atomic E-state index is 12.3. The van der Waals surface area contributed by atoms with Gasteiger partial charge in [-0.25, -0.2) is 0 Å². The molecule has 0 aromatic carbocycles. The van der Waals surface area contributed by atoms with Crippen molar-refractivity contribution in [3.63, 3.8) is 0 Å². The van der Waals surface area contributed by atoms with Crippen molar-refractivity contribution in [1.29, 1.82) is 0 Å². The highest BCUT2D eigenvalue weighted by atomic mass is 32.1. The van der Waals surface area contributed by atoms with Gasteiger partial charge in [0.15, 0.2) is 0 Å². The van der Waals surface area contributed by atoms with Gasteiger partial charge in [-0.2, -0.15) is 5.10 Å². The zero-order chi connectivity index (χ0) is 16.7. The zero-order valence-electron chi connectivity index (χ0n) is 13.1. The van der Waals surface area contributed by atoms with Gasteiger partial charge in [-0.1, -0.05) is 18.9 Å². The summed E-state index contributed by atoms with van der Waals surface area (Å²) in [6.45, 7) is 0.588. The molecule has 0 aliphatic heterocycles. The summed E-state index contributed by atoms with van der Waals surface area (Å²) in [5.41, 5.74) is 1.29. The minimum absolute atomic E-state index is 0.118. The minimum Gasteiger partial charge on any atom is -0.481 e. The first-order valence-electron chi connectivity index (χ1n) is 7.65. The van der Waals surface area contributed by atoms with Crippen molar-refractivity contribution in [2.24, 2.45) is 7.05 Å². The number of aliphatic carboxylic acids is 1. The zero-order valence-corrected chi connectivity index (χ0v) is 13.9. The summed E-state index contributed by atoms with van der Waals surface area (Å²) < 4.78 is 1.65. The molecule has 2 rings (SSSR count). The normalized spacial score (nSPS) is 10.7. The fourth-order valence-corrected chi connectivity index (χ4v) is 3.03. The van der Waals surface area contributed by atoms with Crippen LogP contribution in [-0.2, 0) is 11.8 Å². The van der Waals surface area contributed by atoms with Crippen LogP contribution in [0.2, 0.25) is 0 Å². The van der Waals surface area contributed by atoms with Crippen LogP contribution in [0.1, 0.15) is 42.5 Å². The molecule has 2 aromatic rings. The van der Waals surface area contributed by atoms with E-state index in [0.717, 1.165) is 24.1 Å². The van der Waals surface area contributed by atoms with Gasteiger partial charge in [-0.05, 0) is 24.3 Å². The standard InChI is InChI=1S/C16H21N3O3S/c1-19-11-12(15(18-19)13-7-6-10-23-13)16(22)17-9-5-3-2-4-8-14(20)21/h6-7,10-11H,2-5,8-9H2,1H3,(H,17,22)(H,20,21). The molecule has 0 saturated heterocycles. The lowest BCUT2D eigenvalue weighted by Gasteiger charge is -2.04. The van der Waals surface area contributed by atoms with E-state index in [1.807, 2.05) is 17.5 Å². The van der Waals surface area contributed by atoms with Crippen LogP contribution in [0, 0.1) is 0 Å². The molecular weight excluding hydrogens is 314 g/mol. The van der Waals surface area contributed by atoms with E-state index in [0.29, 0.717) is 24.2 Å². The van der Waals surface area contributed by atoms with Gasteiger partial charge in [-0.3, -0.25) is 14.3 Å². The molecular formula is C16H21N3O3S. The maximum Gasteiger partial charge on any atom is 0.303 e. The third kappa shape index (κ3) is 5.21. The van der Waals surface area contributed by atoms with Gasteiger partial charge >= 0.3 is 5.97 Å². The molecule has 124 valence electrons. The summed E-state index contributed by atoms with van der Waals surface area (Å²) in [7, 11) is 1.80. The first-order valence-corrected chi connectivity index (χ1v) is 8.53. The number of aryl methyl sites for hydroxylation is 1. The maximum absolute atomic E-state index is 12.3. The molecule has 23 heavy (non-hydrogen) atoms. The summed E-state index contributed by atoms with van der Waals surface area (Å²) in [6.07, 6.45) is 5.27. The predicted octanol–water partition coefficient (Wildman–Crippen LogP) is 2.91. The third-order valence-electron chi connectivity index (χ3n) is 3.43. The predicted molar refractivity (Wildman–Crippen MR) is 89.6 cm³/mol. The molecule has 0 spiro atoms. The second kappa shape index (κ2) is 8.47. The number of unbranched alkanes of at least 4 members (excludes halogenated alkanes) is 3. The van der Waals surface area contributed by atoms with Crippen molar-refractivity contribution in [3.05, 3.63) is 29.3 Å². The lowest BCUT2D eigenvalue weighted by molar-refractivity contribution is -0.137. The number of carboxylic acid groups (broad SMARTS) is 1. The van der Waals surface area contributed by atoms with Crippen molar-refractivity contribution >= 4 is 23.2 Å². The molecule has 0 fully saturated rings. The molecule has 7 heteroatoms. The Labute approximate surface area is 139 Å². The number of carboxylic acids is 1. The van der Waals surface area contributed by atoms with Crippen LogP contribution in [0.4, 0.5) is 0 Å². The SMILES string of the molecule is Cn1cc(C(=O)NCCCCCCC(=O)O)c(-c2cccs2)n1. The molecule has 0 bridgehead atoms. The number of amides is 1. The summed E-state index contributed by atoms with van der Waals surface area (Å²) in [6, 6.07) is 3.89. The lowest BCUT2D eigenvalue weighted by Crippen LogP contribution is -2.24. The Morgan fingerprint density at radius 3 is 2.78 bits per heavy atom. The Morgan fingerprint density at radius 2 is 2.09 bits per heavy atom. The second-order valence-corrected chi connectivity index (χ2v) is 6.30. The average molecular weight is 335 g/mol. The number of hydrogen-bond donors (Lipinski definition) is 2. The molecule has 2 N–H and O–H groups in total. The molecule has 2 heterocycles. The summed E-state index contributed by atoms with van der Waals surface area (Å²) in [5.74, 6) is -0.872. The number of carbonyl (C=O) groups excluding carboxylic acids is 1. The molecule has 2 aromatic heterocycles. The summed E-state index contributed by atoms with van der Waals surface area (Å²) in [5, 5.41) is 17.8. The smallest absolute Gasteiger partial charge is 0.303 e. The van der Waals surface area contributed by atoms with Crippen LogP contribution >= 0.6 is 11.3 Å². The van der Waals surface area contributed by atoms with E-state index in [4.69, 9.17) is 5.11 Å². The minimum atomic E-state index is -0.754. The largest absolute Gasteiger partial charge is 0.481 e. The van der Waals surface area contributed by atoms with Crippen LogP contribution in [0.3, 0.4) is 0 Å². The van der Waals surface area contributed by atoms with E-state index in [9.17, 15) is 9.59 Å². The number of carbonyl (C=O) groups is 2. The Bertz CT molecular complexity index is 650. The van der Waals surface area contributed by atoms with Crippen LogP contribution in [0.5, 0.6) is 0 Å². The fraction of sp³-hybridized carbons (Fsp3) is 0.438. The molecule has 1 amide bonds. The molecule has 0 atom stereocenters. The van der Waals surface area contributed by atoms with Crippen molar-refractivity contribution in [3.8, 4) is 10.6 Å². The molecule has 0 unspecified atom stereocenters. The highest BCUT2D eigenvalue weighted by molar-refractivity contribution is 7.13. The van der Waals surface area contributed by atoms with E-state index < -0.39 is 5.97 Å². The number of nitrogens with zero attached hydrogens (tertiary/aromatic N) is 2. The van der Waals surface area contributed by atoms with Gasteiger partial charge < -0.3 is 10.4 Å². The van der Waals surface area contributed by atoms with Crippen molar-refractivity contribution in [2.75, 3.05) is 6.54 Å². The molecule has 0 saturated carbocycles. The highest BCUT2D eigenvalue weighted by Gasteiger charge is 2.17. The van der Waals surface area contributed by atoms with E-state index in [-0.39, 0.29) is 12.3 Å². The average Bonchev–Trinajstić information content (AvgIpc) is 3.14. The number of aromatic nitrogens is 2. The topological polar surface area (TPSA) is 84.2 Å². The van der Waals surface area contributed by atoms with Gasteiger partial charge in [0.1, 0.15) is 5.69 Å². The number of nitrogens with one attached hydrogen (secondary N) is 1. The number of hydrogen-bond acceptors (Lipinski definition) is 4. The van der Waals surface area contributed by atoms with Crippen LogP contribution < -0.4 is 5.32 Å². The molecule has 0 aliphatic carbocycles. The van der Waals surface area contributed by atoms with Crippen molar-refractivity contribution in [1.82, 2.24) is 15.1 Å². The monoisotopic (exact) mass is 335 g/mol. The van der Waals surface area contributed by atoms with Gasteiger partial charge in [0.25, 0.3) is 5.91 Å². The second-order valence-electron chi connectivity index (χ2n) is 5.36. The lowest BCUT2D eigenvalue weighted by atomic mass is 10.1. The Morgan fingerprint density at radius 1 is 1.30 bits per heavy atom. The Balaban J connectivity index is 1.79. The van der Waals surface area contributed by atoms with E-state index in [2.05, 4.69) is 10.4 Å². The number of thiophene rings is 1. The molecule has 0 radical (unpaired) electrons.